The molecule has 3 aromatic carbocycles. The van der Waals surface area contributed by atoms with Crippen LogP contribution in [0.1, 0.15) is 16.4 Å². The van der Waals surface area contributed by atoms with Crippen LogP contribution in [0.15, 0.2) is 89.9 Å². The number of thioether (sulfide) groups is 1. The molecule has 0 aromatic heterocycles. The second-order valence-electron chi connectivity index (χ2n) is 6.06. The van der Waals surface area contributed by atoms with Crippen LogP contribution >= 0.6 is 11.8 Å². The normalized spacial score (nSPS) is 17.2. The van der Waals surface area contributed by atoms with E-state index in [2.05, 4.69) is 95.2 Å². The first-order valence-corrected chi connectivity index (χ1v) is 9.44. The zero-order chi connectivity index (χ0) is 16.9. The van der Waals surface area contributed by atoms with Crippen LogP contribution in [0, 0.1) is 0 Å². The first-order valence-electron chi connectivity index (χ1n) is 8.50. The third kappa shape index (κ3) is 3.77. The zero-order valence-electron chi connectivity index (χ0n) is 13.9. The van der Waals surface area contributed by atoms with E-state index in [1.165, 1.54) is 22.3 Å². The highest BCUT2D eigenvalue weighted by atomic mass is 32.2. The van der Waals surface area contributed by atoms with E-state index in [0.29, 0.717) is 10.6 Å². The van der Waals surface area contributed by atoms with Crippen LogP contribution in [0.3, 0.4) is 0 Å². The standard InChI is InChI=1S/C22H20N2S/c1-3-7-17(8-4-1)18-11-13-20(14-12-18)22(19-9-5-2-6-10-19)25-21-15-23-16-24-21/h1-14,16,21-22H,15H2,(H,23,24). The van der Waals surface area contributed by atoms with Crippen LogP contribution in [0.2, 0.25) is 0 Å². The molecule has 2 unspecified atom stereocenters. The quantitative estimate of drug-likeness (QED) is 0.693. The predicted octanol–water partition coefficient (Wildman–Crippen LogP) is 5.13. The maximum atomic E-state index is 4.30. The Morgan fingerprint density at radius 3 is 2.00 bits per heavy atom. The van der Waals surface area contributed by atoms with Crippen molar-refractivity contribution < 1.29 is 0 Å². The van der Waals surface area contributed by atoms with Gasteiger partial charge in [0.25, 0.3) is 0 Å². The molecule has 3 heteroatoms. The molecular weight excluding hydrogens is 324 g/mol. The summed E-state index contributed by atoms with van der Waals surface area (Å²) in [5.74, 6) is 0. The molecular formula is C22H20N2S. The molecule has 2 nitrogen and oxygen atoms in total. The van der Waals surface area contributed by atoms with Crippen molar-refractivity contribution in [1.29, 1.82) is 0 Å². The second kappa shape index (κ2) is 7.58. The minimum Gasteiger partial charge on any atom is -0.363 e. The van der Waals surface area contributed by atoms with Gasteiger partial charge >= 0.3 is 0 Å². The Kier molecular flexibility index (Phi) is 4.84. The van der Waals surface area contributed by atoms with Gasteiger partial charge < -0.3 is 5.32 Å². The van der Waals surface area contributed by atoms with Crippen molar-refractivity contribution in [1.82, 2.24) is 5.32 Å². The van der Waals surface area contributed by atoms with Gasteiger partial charge in [-0.15, -0.1) is 11.8 Å². The summed E-state index contributed by atoms with van der Waals surface area (Å²) in [6, 6.07) is 30.2. The maximum Gasteiger partial charge on any atom is 0.0936 e. The summed E-state index contributed by atoms with van der Waals surface area (Å²) in [6.45, 7) is 0.829. The average Bonchev–Trinajstić information content (AvgIpc) is 3.21. The van der Waals surface area contributed by atoms with Gasteiger partial charge in [0.05, 0.1) is 23.5 Å². The highest BCUT2D eigenvalue weighted by molar-refractivity contribution is 8.00. The molecule has 1 N–H and O–H groups in total. The summed E-state index contributed by atoms with van der Waals surface area (Å²) in [5.41, 5.74) is 5.16. The monoisotopic (exact) mass is 344 g/mol. The van der Waals surface area contributed by atoms with Gasteiger partial charge in [0.1, 0.15) is 0 Å². The molecule has 0 radical (unpaired) electrons. The third-order valence-electron chi connectivity index (χ3n) is 4.35. The van der Waals surface area contributed by atoms with E-state index in [-0.39, 0.29) is 0 Å². The summed E-state index contributed by atoms with van der Waals surface area (Å²) >= 11 is 1.92. The van der Waals surface area contributed by atoms with Crippen LogP contribution in [0.5, 0.6) is 0 Å². The van der Waals surface area contributed by atoms with E-state index in [9.17, 15) is 0 Å². The van der Waals surface area contributed by atoms with Gasteiger partial charge in [0.15, 0.2) is 0 Å². The topological polar surface area (TPSA) is 24.4 Å². The summed E-state index contributed by atoms with van der Waals surface area (Å²) in [4.78, 5) is 4.30. The fourth-order valence-corrected chi connectivity index (χ4v) is 4.31. The van der Waals surface area contributed by atoms with Crippen molar-refractivity contribution in [3.8, 4) is 11.1 Å². The van der Waals surface area contributed by atoms with E-state index in [0.717, 1.165) is 6.54 Å². The smallest absolute Gasteiger partial charge is 0.0936 e. The van der Waals surface area contributed by atoms with Crippen LogP contribution < -0.4 is 5.32 Å². The van der Waals surface area contributed by atoms with Gasteiger partial charge in [0, 0.05) is 0 Å². The summed E-state index contributed by atoms with van der Waals surface area (Å²) in [7, 11) is 0. The molecule has 0 bridgehead atoms. The van der Waals surface area contributed by atoms with Gasteiger partial charge in [0.2, 0.25) is 0 Å². The largest absolute Gasteiger partial charge is 0.363 e. The van der Waals surface area contributed by atoms with Gasteiger partial charge in [-0.1, -0.05) is 84.9 Å². The third-order valence-corrected chi connectivity index (χ3v) is 5.78. The maximum absolute atomic E-state index is 4.30. The van der Waals surface area contributed by atoms with Crippen molar-refractivity contribution in [3.05, 3.63) is 96.1 Å². The Labute approximate surface area is 153 Å². The molecule has 0 saturated heterocycles. The molecule has 4 rings (SSSR count). The fourth-order valence-electron chi connectivity index (χ4n) is 3.04. The summed E-state index contributed by atoms with van der Waals surface area (Å²) in [6.07, 6.45) is 1.82. The van der Waals surface area contributed by atoms with Gasteiger partial charge in [-0.05, 0) is 22.3 Å². The number of nitrogens with zero attached hydrogens (tertiary/aromatic N) is 1. The Balaban J connectivity index is 1.62. The molecule has 124 valence electrons. The zero-order valence-corrected chi connectivity index (χ0v) is 14.7. The number of nitrogens with one attached hydrogen (secondary N) is 1. The Morgan fingerprint density at radius 2 is 1.36 bits per heavy atom. The van der Waals surface area contributed by atoms with Crippen LogP contribution in [0.4, 0.5) is 0 Å². The minimum atomic E-state index is 0.297. The number of hydrogen-bond donors (Lipinski definition) is 1. The number of benzene rings is 3. The lowest BCUT2D eigenvalue weighted by molar-refractivity contribution is 0.887. The molecule has 0 spiro atoms. The lowest BCUT2D eigenvalue weighted by Gasteiger charge is -2.21. The van der Waals surface area contributed by atoms with Gasteiger partial charge in [-0.25, -0.2) is 0 Å². The summed E-state index contributed by atoms with van der Waals surface area (Å²) in [5, 5.41) is 3.96. The van der Waals surface area contributed by atoms with Gasteiger partial charge in [-0.2, -0.15) is 0 Å². The Bertz CT molecular complexity index is 821. The van der Waals surface area contributed by atoms with Crippen LogP contribution in [-0.4, -0.2) is 18.3 Å². The lowest BCUT2D eigenvalue weighted by Crippen LogP contribution is -2.22. The Morgan fingerprint density at radius 1 is 0.760 bits per heavy atom. The molecule has 1 aliphatic rings. The van der Waals surface area contributed by atoms with E-state index in [1.54, 1.807) is 0 Å². The second-order valence-corrected chi connectivity index (χ2v) is 7.38. The van der Waals surface area contributed by atoms with Crippen molar-refractivity contribution in [2.75, 3.05) is 6.54 Å². The lowest BCUT2D eigenvalue weighted by atomic mass is 10.00. The molecule has 0 aliphatic carbocycles. The molecule has 0 fully saturated rings. The minimum absolute atomic E-state index is 0.297. The highest BCUT2D eigenvalue weighted by Gasteiger charge is 2.21. The van der Waals surface area contributed by atoms with E-state index in [1.807, 2.05) is 18.1 Å². The van der Waals surface area contributed by atoms with Gasteiger partial charge in [-0.3, -0.25) is 4.99 Å². The molecule has 0 amide bonds. The first kappa shape index (κ1) is 16.0. The van der Waals surface area contributed by atoms with Crippen molar-refractivity contribution >= 4 is 18.1 Å². The van der Waals surface area contributed by atoms with Crippen LogP contribution in [-0.2, 0) is 0 Å². The molecule has 3 aromatic rings. The van der Waals surface area contributed by atoms with Crippen molar-refractivity contribution in [2.24, 2.45) is 4.99 Å². The predicted molar refractivity (Wildman–Crippen MR) is 108 cm³/mol. The highest BCUT2D eigenvalue weighted by Crippen LogP contribution is 2.38. The van der Waals surface area contributed by atoms with Crippen molar-refractivity contribution in [2.45, 2.75) is 10.6 Å². The van der Waals surface area contributed by atoms with E-state index in [4.69, 9.17) is 0 Å². The molecule has 0 saturated carbocycles. The van der Waals surface area contributed by atoms with E-state index >= 15 is 0 Å². The SMILES string of the molecule is C1=NCC(SC(c2ccccc2)c2ccc(-c3ccccc3)cc2)N1. The Hall–Kier alpha value is -2.52. The molecule has 1 aliphatic heterocycles. The summed E-state index contributed by atoms with van der Waals surface area (Å²) < 4.78 is 0. The molecule has 1 heterocycles. The average molecular weight is 344 g/mol. The van der Waals surface area contributed by atoms with Crippen LogP contribution in [0.25, 0.3) is 11.1 Å². The van der Waals surface area contributed by atoms with Crippen molar-refractivity contribution in [3.63, 3.8) is 0 Å². The number of hydrogen-bond acceptors (Lipinski definition) is 3. The number of rotatable bonds is 5. The first-order chi connectivity index (χ1) is 12.4. The molecule has 25 heavy (non-hydrogen) atoms. The van der Waals surface area contributed by atoms with E-state index < -0.39 is 0 Å². The number of aliphatic imine (C=N–C) groups is 1. The fraction of sp³-hybridized carbons (Fsp3) is 0.136. The molecule has 2 atom stereocenters.